The van der Waals surface area contributed by atoms with E-state index in [1.807, 2.05) is 37.3 Å². The second kappa shape index (κ2) is 7.86. The van der Waals surface area contributed by atoms with E-state index in [-0.39, 0.29) is 0 Å². The van der Waals surface area contributed by atoms with E-state index in [0.29, 0.717) is 32.0 Å². The highest BCUT2D eigenvalue weighted by Gasteiger charge is 2.27. The van der Waals surface area contributed by atoms with Crippen LogP contribution in [-0.4, -0.2) is 55.0 Å². The molecule has 2 amide bonds. The number of ether oxygens (including phenoxy) is 1. The van der Waals surface area contributed by atoms with Gasteiger partial charge in [-0.1, -0.05) is 18.2 Å². The SMILES string of the molecule is COc1ccccc1N1CCN(C(=O)C(=O)Nc2ncccc2C)CC1. The zero-order valence-electron chi connectivity index (χ0n) is 14.9. The number of carbonyl (C=O) groups excluding carboxylic acids is 2. The molecule has 1 aliphatic heterocycles. The molecule has 7 heteroatoms. The lowest BCUT2D eigenvalue weighted by Crippen LogP contribution is -2.51. The molecule has 136 valence electrons. The standard InChI is InChI=1S/C19H22N4O3/c1-14-6-5-9-20-17(14)21-18(24)19(25)23-12-10-22(11-13-23)15-7-3-4-8-16(15)26-2/h3-9H,10-13H2,1-2H3,(H,20,21,24). The molecule has 1 aliphatic rings. The molecule has 7 nitrogen and oxygen atoms in total. The number of aryl methyl sites for hydroxylation is 1. The molecule has 2 heterocycles. The van der Waals surface area contributed by atoms with E-state index in [4.69, 9.17) is 4.74 Å². The van der Waals surface area contributed by atoms with E-state index in [2.05, 4.69) is 15.2 Å². The summed E-state index contributed by atoms with van der Waals surface area (Å²) in [5, 5.41) is 2.59. The lowest BCUT2D eigenvalue weighted by Gasteiger charge is -2.36. The number of carbonyl (C=O) groups is 2. The van der Waals surface area contributed by atoms with E-state index < -0.39 is 11.8 Å². The van der Waals surface area contributed by atoms with Crippen molar-refractivity contribution in [3.8, 4) is 5.75 Å². The topological polar surface area (TPSA) is 74.8 Å². The summed E-state index contributed by atoms with van der Waals surface area (Å²) in [5.41, 5.74) is 1.81. The quantitative estimate of drug-likeness (QED) is 0.849. The second-order valence-corrected chi connectivity index (χ2v) is 6.07. The van der Waals surface area contributed by atoms with Crippen LogP contribution in [0.15, 0.2) is 42.6 Å². The number of rotatable bonds is 3. The molecule has 0 atom stereocenters. The first-order valence-electron chi connectivity index (χ1n) is 8.50. The van der Waals surface area contributed by atoms with Crippen LogP contribution in [-0.2, 0) is 9.59 Å². The molecule has 3 rings (SSSR count). The van der Waals surface area contributed by atoms with Crippen molar-refractivity contribution in [2.75, 3.05) is 43.5 Å². The minimum atomic E-state index is -0.655. The van der Waals surface area contributed by atoms with Crippen LogP contribution in [0, 0.1) is 6.92 Å². The van der Waals surface area contributed by atoms with Gasteiger partial charge in [-0.05, 0) is 30.7 Å². The number of nitrogens with zero attached hydrogens (tertiary/aromatic N) is 3. The smallest absolute Gasteiger partial charge is 0.315 e. The number of methoxy groups -OCH3 is 1. The third-order valence-electron chi connectivity index (χ3n) is 4.43. The lowest BCUT2D eigenvalue weighted by atomic mass is 10.2. The molecule has 0 spiro atoms. The van der Waals surface area contributed by atoms with Gasteiger partial charge in [0.25, 0.3) is 0 Å². The Morgan fingerprint density at radius 3 is 2.50 bits per heavy atom. The molecule has 0 radical (unpaired) electrons. The van der Waals surface area contributed by atoms with Crippen LogP contribution in [0.4, 0.5) is 11.5 Å². The summed E-state index contributed by atoms with van der Waals surface area (Å²) in [5.74, 6) is 0.0291. The van der Waals surface area contributed by atoms with Crippen LogP contribution >= 0.6 is 0 Å². The molecule has 0 unspecified atom stereocenters. The molecule has 2 aromatic rings. The Bertz CT molecular complexity index is 801. The van der Waals surface area contributed by atoms with Crippen LogP contribution < -0.4 is 15.0 Å². The number of anilines is 2. The normalized spacial score (nSPS) is 14.1. The Kier molecular flexibility index (Phi) is 5.36. The Labute approximate surface area is 152 Å². The predicted molar refractivity (Wildman–Crippen MR) is 99.4 cm³/mol. The third kappa shape index (κ3) is 3.77. The number of hydrogen-bond donors (Lipinski definition) is 1. The first-order chi connectivity index (χ1) is 12.6. The summed E-state index contributed by atoms with van der Waals surface area (Å²) in [6.07, 6.45) is 1.58. The lowest BCUT2D eigenvalue weighted by molar-refractivity contribution is -0.143. The fraction of sp³-hybridized carbons (Fsp3) is 0.316. The zero-order valence-corrected chi connectivity index (χ0v) is 14.9. The van der Waals surface area contributed by atoms with E-state index in [0.717, 1.165) is 17.0 Å². The first kappa shape index (κ1) is 17.7. The fourth-order valence-corrected chi connectivity index (χ4v) is 2.96. The van der Waals surface area contributed by atoms with Crippen molar-refractivity contribution in [2.45, 2.75) is 6.92 Å². The highest BCUT2D eigenvalue weighted by atomic mass is 16.5. The van der Waals surface area contributed by atoms with Gasteiger partial charge < -0.3 is 19.9 Å². The molecule has 1 saturated heterocycles. The molecule has 0 bridgehead atoms. The van der Waals surface area contributed by atoms with Crippen LogP contribution in [0.5, 0.6) is 5.75 Å². The van der Waals surface area contributed by atoms with Gasteiger partial charge in [0.15, 0.2) is 0 Å². The van der Waals surface area contributed by atoms with Gasteiger partial charge in [-0.3, -0.25) is 9.59 Å². The highest BCUT2D eigenvalue weighted by Crippen LogP contribution is 2.28. The van der Waals surface area contributed by atoms with Crippen LogP contribution in [0.25, 0.3) is 0 Å². The third-order valence-corrected chi connectivity index (χ3v) is 4.43. The summed E-state index contributed by atoms with van der Waals surface area (Å²) < 4.78 is 5.40. The molecule has 0 aliphatic carbocycles. The van der Waals surface area contributed by atoms with Crippen molar-refractivity contribution < 1.29 is 14.3 Å². The Morgan fingerprint density at radius 1 is 1.08 bits per heavy atom. The van der Waals surface area contributed by atoms with Crippen molar-refractivity contribution in [1.82, 2.24) is 9.88 Å². The maximum atomic E-state index is 12.4. The Morgan fingerprint density at radius 2 is 1.81 bits per heavy atom. The largest absolute Gasteiger partial charge is 0.495 e. The van der Waals surface area contributed by atoms with Gasteiger partial charge in [0, 0.05) is 32.4 Å². The van der Waals surface area contributed by atoms with Crippen molar-refractivity contribution in [3.05, 3.63) is 48.2 Å². The average Bonchev–Trinajstić information content (AvgIpc) is 2.69. The van der Waals surface area contributed by atoms with Crippen LogP contribution in [0.1, 0.15) is 5.56 Å². The number of amides is 2. The van der Waals surface area contributed by atoms with E-state index >= 15 is 0 Å². The van der Waals surface area contributed by atoms with Crippen molar-refractivity contribution in [1.29, 1.82) is 0 Å². The molecule has 1 fully saturated rings. The second-order valence-electron chi connectivity index (χ2n) is 6.07. The Hall–Kier alpha value is -3.09. The summed E-state index contributed by atoms with van der Waals surface area (Å²) in [7, 11) is 1.64. The number of hydrogen-bond acceptors (Lipinski definition) is 5. The monoisotopic (exact) mass is 354 g/mol. The summed E-state index contributed by atoms with van der Waals surface area (Å²) in [6, 6.07) is 11.4. The number of piperazine rings is 1. The minimum absolute atomic E-state index is 0.415. The van der Waals surface area contributed by atoms with Gasteiger partial charge in [-0.25, -0.2) is 4.98 Å². The zero-order chi connectivity index (χ0) is 18.5. The van der Waals surface area contributed by atoms with E-state index in [1.165, 1.54) is 0 Å². The average molecular weight is 354 g/mol. The summed E-state index contributed by atoms with van der Waals surface area (Å²) >= 11 is 0. The van der Waals surface area contributed by atoms with Gasteiger partial charge in [-0.15, -0.1) is 0 Å². The van der Waals surface area contributed by atoms with Gasteiger partial charge in [0.05, 0.1) is 12.8 Å². The molecule has 26 heavy (non-hydrogen) atoms. The summed E-state index contributed by atoms with van der Waals surface area (Å²) in [4.78, 5) is 32.5. The number of pyridine rings is 1. The van der Waals surface area contributed by atoms with Gasteiger partial charge >= 0.3 is 11.8 Å². The van der Waals surface area contributed by atoms with Crippen LogP contribution in [0.2, 0.25) is 0 Å². The van der Waals surface area contributed by atoms with E-state index in [1.54, 1.807) is 24.3 Å². The van der Waals surface area contributed by atoms with Crippen molar-refractivity contribution in [2.24, 2.45) is 0 Å². The molecule has 1 aromatic carbocycles. The van der Waals surface area contributed by atoms with Gasteiger partial charge in [0.1, 0.15) is 11.6 Å². The first-order valence-corrected chi connectivity index (χ1v) is 8.50. The van der Waals surface area contributed by atoms with Crippen LogP contribution in [0.3, 0.4) is 0 Å². The number of para-hydroxylation sites is 2. The minimum Gasteiger partial charge on any atom is -0.495 e. The highest BCUT2D eigenvalue weighted by molar-refractivity contribution is 6.39. The van der Waals surface area contributed by atoms with Crippen molar-refractivity contribution >= 4 is 23.3 Å². The molecule has 0 saturated carbocycles. The number of benzene rings is 1. The van der Waals surface area contributed by atoms with Gasteiger partial charge in [0.2, 0.25) is 0 Å². The Balaban J connectivity index is 1.60. The summed E-state index contributed by atoms with van der Waals surface area (Å²) in [6.45, 7) is 4.07. The van der Waals surface area contributed by atoms with Gasteiger partial charge in [-0.2, -0.15) is 0 Å². The number of nitrogens with one attached hydrogen (secondary N) is 1. The molecule has 1 N–H and O–H groups in total. The predicted octanol–water partition coefficient (Wildman–Crippen LogP) is 1.69. The molecule has 1 aromatic heterocycles. The molecular weight excluding hydrogens is 332 g/mol. The van der Waals surface area contributed by atoms with Crippen molar-refractivity contribution in [3.63, 3.8) is 0 Å². The maximum Gasteiger partial charge on any atom is 0.315 e. The van der Waals surface area contributed by atoms with E-state index in [9.17, 15) is 9.59 Å². The fourth-order valence-electron chi connectivity index (χ4n) is 2.96. The number of aromatic nitrogens is 1. The molecular formula is C19H22N4O3. The maximum absolute atomic E-state index is 12.4.